The molecule has 1 heterocycles. The van der Waals surface area contributed by atoms with Gasteiger partial charge in [-0.05, 0) is 24.3 Å². The van der Waals surface area contributed by atoms with E-state index < -0.39 is 21.5 Å². The third kappa shape index (κ3) is 3.58. The SMILES string of the molecule is Cn1ccc(NC(=O)CS(=O)(=O)c2ccc(Cl)cc2)n1. The van der Waals surface area contributed by atoms with E-state index in [2.05, 4.69) is 10.4 Å². The first-order valence-electron chi connectivity index (χ1n) is 5.65. The number of carbonyl (C=O) groups is 1. The Morgan fingerprint density at radius 3 is 2.50 bits per heavy atom. The highest BCUT2D eigenvalue weighted by Gasteiger charge is 2.19. The summed E-state index contributed by atoms with van der Waals surface area (Å²) in [7, 11) is -2.00. The van der Waals surface area contributed by atoms with Gasteiger partial charge in [0.15, 0.2) is 15.7 Å². The Morgan fingerprint density at radius 1 is 1.30 bits per heavy atom. The third-order valence-electron chi connectivity index (χ3n) is 2.47. The lowest BCUT2D eigenvalue weighted by Crippen LogP contribution is -2.23. The summed E-state index contributed by atoms with van der Waals surface area (Å²) >= 11 is 5.69. The molecular formula is C12H12ClN3O3S. The van der Waals surface area contributed by atoms with Gasteiger partial charge in [-0.15, -0.1) is 0 Å². The molecule has 20 heavy (non-hydrogen) atoms. The summed E-state index contributed by atoms with van der Waals surface area (Å²) in [6, 6.07) is 7.24. The van der Waals surface area contributed by atoms with Crippen LogP contribution >= 0.6 is 11.6 Å². The maximum Gasteiger partial charge on any atom is 0.241 e. The summed E-state index contributed by atoms with van der Waals surface area (Å²) in [5, 5.41) is 6.79. The summed E-state index contributed by atoms with van der Waals surface area (Å²) in [5.74, 6) is -0.979. The Kier molecular flexibility index (Phi) is 4.10. The molecule has 0 aliphatic rings. The summed E-state index contributed by atoms with van der Waals surface area (Å²) in [5.41, 5.74) is 0. The van der Waals surface area contributed by atoms with E-state index in [1.165, 1.54) is 28.9 Å². The standard InChI is InChI=1S/C12H12ClN3O3S/c1-16-7-6-11(15-16)14-12(17)8-20(18,19)10-4-2-9(13)3-5-10/h2-7H,8H2,1H3,(H,14,15,17). The first-order valence-corrected chi connectivity index (χ1v) is 7.68. The average Bonchev–Trinajstić information content (AvgIpc) is 2.74. The van der Waals surface area contributed by atoms with Crippen molar-refractivity contribution in [3.05, 3.63) is 41.6 Å². The van der Waals surface area contributed by atoms with Crippen molar-refractivity contribution in [2.75, 3.05) is 11.1 Å². The molecule has 0 bridgehead atoms. The van der Waals surface area contributed by atoms with Crippen LogP contribution < -0.4 is 5.32 Å². The summed E-state index contributed by atoms with van der Waals surface area (Å²) < 4.78 is 25.5. The van der Waals surface area contributed by atoms with Crippen molar-refractivity contribution in [1.29, 1.82) is 0 Å². The molecule has 106 valence electrons. The molecule has 0 aliphatic carbocycles. The topological polar surface area (TPSA) is 81.1 Å². The summed E-state index contributed by atoms with van der Waals surface area (Å²) in [6.07, 6.45) is 1.64. The molecule has 2 aromatic rings. The number of hydrogen-bond donors (Lipinski definition) is 1. The minimum atomic E-state index is -3.69. The molecule has 0 spiro atoms. The molecule has 0 saturated carbocycles. The average molecular weight is 314 g/mol. The molecular weight excluding hydrogens is 302 g/mol. The van der Waals surface area contributed by atoms with Crippen molar-refractivity contribution in [1.82, 2.24) is 9.78 Å². The van der Waals surface area contributed by atoms with Gasteiger partial charge in [0.25, 0.3) is 0 Å². The van der Waals surface area contributed by atoms with Crippen LogP contribution in [-0.4, -0.2) is 29.9 Å². The van der Waals surface area contributed by atoms with Gasteiger partial charge in [0.1, 0.15) is 5.75 Å². The number of benzene rings is 1. The van der Waals surface area contributed by atoms with E-state index in [4.69, 9.17) is 11.6 Å². The highest BCUT2D eigenvalue weighted by Crippen LogP contribution is 2.15. The molecule has 2 rings (SSSR count). The fraction of sp³-hybridized carbons (Fsp3) is 0.167. The molecule has 0 radical (unpaired) electrons. The minimum Gasteiger partial charge on any atom is -0.308 e. The third-order valence-corrected chi connectivity index (χ3v) is 4.36. The number of anilines is 1. The van der Waals surface area contributed by atoms with Crippen molar-refractivity contribution in [2.45, 2.75) is 4.90 Å². The van der Waals surface area contributed by atoms with Crippen molar-refractivity contribution in [3.8, 4) is 0 Å². The highest BCUT2D eigenvalue weighted by molar-refractivity contribution is 7.92. The first-order chi connectivity index (χ1) is 9.37. The second kappa shape index (κ2) is 5.64. The lowest BCUT2D eigenvalue weighted by molar-refractivity contribution is -0.113. The predicted molar refractivity (Wildman–Crippen MR) is 75.3 cm³/mol. The van der Waals surface area contributed by atoms with Crippen LogP contribution in [0.3, 0.4) is 0 Å². The zero-order chi connectivity index (χ0) is 14.8. The summed E-state index contributed by atoms with van der Waals surface area (Å²) in [4.78, 5) is 11.8. The highest BCUT2D eigenvalue weighted by atomic mass is 35.5. The number of amides is 1. The number of hydrogen-bond acceptors (Lipinski definition) is 4. The monoisotopic (exact) mass is 313 g/mol. The zero-order valence-corrected chi connectivity index (χ0v) is 12.1. The first kappa shape index (κ1) is 14.5. The molecule has 1 aromatic carbocycles. The number of aryl methyl sites for hydroxylation is 1. The fourth-order valence-corrected chi connectivity index (χ4v) is 2.82. The van der Waals surface area contributed by atoms with Gasteiger partial charge in [0.05, 0.1) is 4.90 Å². The van der Waals surface area contributed by atoms with Gasteiger partial charge in [-0.25, -0.2) is 8.42 Å². The Hall–Kier alpha value is -1.86. The number of nitrogens with one attached hydrogen (secondary N) is 1. The van der Waals surface area contributed by atoms with E-state index in [0.29, 0.717) is 10.8 Å². The molecule has 0 atom stereocenters. The minimum absolute atomic E-state index is 0.0538. The van der Waals surface area contributed by atoms with Crippen LogP contribution in [0.25, 0.3) is 0 Å². The maximum atomic E-state index is 12.0. The van der Waals surface area contributed by atoms with Crippen LogP contribution in [0.4, 0.5) is 5.82 Å². The van der Waals surface area contributed by atoms with Crippen molar-refractivity contribution >= 4 is 33.2 Å². The Bertz CT molecular complexity index is 723. The van der Waals surface area contributed by atoms with E-state index in [0.717, 1.165) is 0 Å². The van der Waals surface area contributed by atoms with E-state index in [-0.39, 0.29) is 4.90 Å². The molecule has 0 aliphatic heterocycles. The number of halogens is 1. The van der Waals surface area contributed by atoms with Gasteiger partial charge in [-0.3, -0.25) is 9.48 Å². The molecule has 1 N–H and O–H groups in total. The van der Waals surface area contributed by atoms with E-state index in [1.54, 1.807) is 19.3 Å². The van der Waals surface area contributed by atoms with Crippen LogP contribution in [0, 0.1) is 0 Å². The van der Waals surface area contributed by atoms with Crippen molar-refractivity contribution < 1.29 is 13.2 Å². The molecule has 8 heteroatoms. The van der Waals surface area contributed by atoms with Gasteiger partial charge in [-0.2, -0.15) is 5.10 Å². The number of aromatic nitrogens is 2. The lowest BCUT2D eigenvalue weighted by Gasteiger charge is -2.04. The summed E-state index contributed by atoms with van der Waals surface area (Å²) in [6.45, 7) is 0. The quantitative estimate of drug-likeness (QED) is 0.927. The lowest BCUT2D eigenvalue weighted by atomic mass is 10.4. The number of sulfone groups is 1. The van der Waals surface area contributed by atoms with E-state index in [9.17, 15) is 13.2 Å². The predicted octanol–water partition coefficient (Wildman–Crippen LogP) is 1.49. The Balaban J connectivity index is 2.08. The van der Waals surface area contributed by atoms with Gasteiger partial charge in [0.2, 0.25) is 5.91 Å². The van der Waals surface area contributed by atoms with Crippen LogP contribution in [0.15, 0.2) is 41.4 Å². The second-order valence-electron chi connectivity index (χ2n) is 4.14. The number of carbonyl (C=O) groups excluding carboxylic acids is 1. The molecule has 1 amide bonds. The van der Waals surface area contributed by atoms with Crippen LogP contribution in [0.2, 0.25) is 5.02 Å². The van der Waals surface area contributed by atoms with Gasteiger partial charge in [0, 0.05) is 24.3 Å². The van der Waals surface area contributed by atoms with Crippen molar-refractivity contribution in [2.24, 2.45) is 7.05 Å². The zero-order valence-electron chi connectivity index (χ0n) is 10.6. The fourth-order valence-electron chi connectivity index (χ4n) is 1.56. The van der Waals surface area contributed by atoms with Crippen LogP contribution in [0.5, 0.6) is 0 Å². The van der Waals surface area contributed by atoms with Crippen LogP contribution in [0.1, 0.15) is 0 Å². The Labute approximate surface area is 121 Å². The van der Waals surface area contributed by atoms with E-state index >= 15 is 0 Å². The maximum absolute atomic E-state index is 12.0. The van der Waals surface area contributed by atoms with Crippen LogP contribution in [-0.2, 0) is 21.7 Å². The molecule has 0 saturated heterocycles. The second-order valence-corrected chi connectivity index (χ2v) is 6.56. The molecule has 1 aromatic heterocycles. The van der Waals surface area contributed by atoms with Gasteiger partial charge < -0.3 is 5.32 Å². The van der Waals surface area contributed by atoms with Gasteiger partial charge in [-0.1, -0.05) is 11.6 Å². The molecule has 0 unspecified atom stereocenters. The number of nitrogens with zero attached hydrogens (tertiary/aromatic N) is 2. The normalized spacial score (nSPS) is 11.3. The van der Waals surface area contributed by atoms with Gasteiger partial charge >= 0.3 is 0 Å². The van der Waals surface area contributed by atoms with E-state index in [1.807, 2.05) is 0 Å². The van der Waals surface area contributed by atoms with Crippen molar-refractivity contribution in [3.63, 3.8) is 0 Å². The largest absolute Gasteiger partial charge is 0.308 e. The molecule has 0 fully saturated rings. The number of rotatable bonds is 4. The smallest absolute Gasteiger partial charge is 0.241 e. The Morgan fingerprint density at radius 2 is 1.95 bits per heavy atom. The molecule has 6 nitrogen and oxygen atoms in total.